The molecule has 1 aromatic carbocycles. The number of hydrogen-bond acceptors (Lipinski definition) is 4. The van der Waals surface area contributed by atoms with Crippen molar-refractivity contribution in [3.63, 3.8) is 0 Å². The van der Waals surface area contributed by atoms with Crippen LogP contribution in [-0.4, -0.2) is 38.3 Å². The molecule has 1 saturated carbocycles. The molecule has 1 aliphatic carbocycles. The summed E-state index contributed by atoms with van der Waals surface area (Å²) in [5.41, 5.74) is 7.20. The Morgan fingerprint density at radius 2 is 2.10 bits per heavy atom. The van der Waals surface area contributed by atoms with Gasteiger partial charge in [0.05, 0.1) is 11.4 Å². The molecule has 0 aliphatic heterocycles. The summed E-state index contributed by atoms with van der Waals surface area (Å²) in [5, 5.41) is 2.77. The van der Waals surface area contributed by atoms with Gasteiger partial charge in [-0.05, 0) is 37.0 Å². The number of amides is 1. The maximum atomic E-state index is 12.4. The monoisotopic (exact) mass is 311 g/mol. The van der Waals surface area contributed by atoms with Gasteiger partial charge in [-0.25, -0.2) is 8.42 Å². The second kappa shape index (κ2) is 6.03. The van der Waals surface area contributed by atoms with E-state index in [1.807, 2.05) is 6.92 Å². The van der Waals surface area contributed by atoms with Crippen LogP contribution in [0.3, 0.4) is 0 Å². The smallest absolute Gasteiger partial charge is 0.243 e. The predicted molar refractivity (Wildman–Crippen MR) is 81.2 cm³/mol. The number of rotatable bonds is 6. The van der Waals surface area contributed by atoms with E-state index in [0.717, 1.165) is 29.1 Å². The van der Waals surface area contributed by atoms with Gasteiger partial charge in [-0.3, -0.25) is 4.79 Å². The second-order valence-corrected chi connectivity index (χ2v) is 7.36. The van der Waals surface area contributed by atoms with E-state index in [4.69, 9.17) is 5.73 Å². The Labute approximate surface area is 125 Å². The van der Waals surface area contributed by atoms with Gasteiger partial charge >= 0.3 is 0 Å². The van der Waals surface area contributed by atoms with Crippen LogP contribution in [0.25, 0.3) is 0 Å². The molecule has 0 radical (unpaired) electrons. The highest BCUT2D eigenvalue weighted by Gasteiger charge is 2.27. The molecule has 116 valence electrons. The van der Waals surface area contributed by atoms with Gasteiger partial charge < -0.3 is 11.1 Å². The quantitative estimate of drug-likeness (QED) is 0.758. The summed E-state index contributed by atoms with van der Waals surface area (Å²) in [7, 11) is -2.31. The molecule has 0 unspecified atom stereocenters. The lowest BCUT2D eigenvalue weighted by Crippen LogP contribution is -2.39. The zero-order chi connectivity index (χ0) is 15.6. The minimum absolute atomic E-state index is 0.110. The number of carbonyl (C=O) groups is 1. The number of nitrogens with two attached hydrogens (primary N) is 1. The molecule has 1 aliphatic rings. The Bertz CT molecular complexity index is 639. The summed E-state index contributed by atoms with van der Waals surface area (Å²) in [6.45, 7) is 1.77. The highest BCUT2D eigenvalue weighted by atomic mass is 32.2. The predicted octanol–water partition coefficient (Wildman–Crippen LogP) is 0.730. The van der Waals surface area contributed by atoms with Crippen LogP contribution in [0.5, 0.6) is 0 Å². The Balaban J connectivity index is 2.12. The fraction of sp³-hybridized carbons (Fsp3) is 0.500. The summed E-state index contributed by atoms with van der Waals surface area (Å²) in [6, 6.07) is 4.90. The van der Waals surface area contributed by atoms with E-state index in [1.54, 1.807) is 6.07 Å². The number of carbonyl (C=O) groups excluding carboxylic acids is 1. The summed E-state index contributed by atoms with van der Waals surface area (Å²) in [5.74, 6) is -0.276. The van der Waals surface area contributed by atoms with Gasteiger partial charge in [0.1, 0.15) is 0 Å². The van der Waals surface area contributed by atoms with Gasteiger partial charge in [-0.1, -0.05) is 13.0 Å². The van der Waals surface area contributed by atoms with Crippen molar-refractivity contribution >= 4 is 21.6 Å². The molecule has 1 aromatic rings. The number of nitrogens with one attached hydrogen (secondary N) is 1. The zero-order valence-corrected chi connectivity index (χ0v) is 13.1. The van der Waals surface area contributed by atoms with Crippen molar-refractivity contribution in [3.05, 3.63) is 23.8 Å². The highest BCUT2D eigenvalue weighted by Crippen LogP contribution is 2.21. The third-order valence-corrected chi connectivity index (χ3v) is 5.31. The average Bonchev–Trinajstić information content (AvgIpc) is 3.22. The molecule has 0 bridgehead atoms. The first kappa shape index (κ1) is 15.8. The number of nitrogens with zero attached hydrogens (tertiary/aromatic N) is 1. The van der Waals surface area contributed by atoms with E-state index in [9.17, 15) is 13.2 Å². The molecule has 0 aromatic heterocycles. The van der Waals surface area contributed by atoms with Crippen molar-refractivity contribution in [3.8, 4) is 0 Å². The van der Waals surface area contributed by atoms with Gasteiger partial charge in [-0.2, -0.15) is 4.31 Å². The molecule has 0 heterocycles. The SMILES string of the molecule is CCc1ccc(S(=O)(=O)N(C)CC(=O)NC2CC2)cc1N. The van der Waals surface area contributed by atoms with Crippen molar-refractivity contribution in [1.29, 1.82) is 0 Å². The van der Waals surface area contributed by atoms with Crippen LogP contribution in [0, 0.1) is 0 Å². The molecular formula is C14H21N3O3S. The number of benzene rings is 1. The number of nitrogen functional groups attached to an aromatic ring is 1. The summed E-state index contributed by atoms with van der Waals surface area (Å²) < 4.78 is 25.9. The molecule has 3 N–H and O–H groups in total. The first-order valence-electron chi connectivity index (χ1n) is 6.98. The lowest BCUT2D eigenvalue weighted by atomic mass is 10.1. The van der Waals surface area contributed by atoms with Crippen molar-refractivity contribution in [2.45, 2.75) is 37.1 Å². The Kier molecular flexibility index (Phi) is 4.53. The Hall–Kier alpha value is -1.60. The van der Waals surface area contributed by atoms with Crippen LogP contribution in [0.2, 0.25) is 0 Å². The molecule has 0 spiro atoms. The number of anilines is 1. The Morgan fingerprint density at radius 1 is 1.43 bits per heavy atom. The lowest BCUT2D eigenvalue weighted by molar-refractivity contribution is -0.121. The fourth-order valence-electron chi connectivity index (χ4n) is 2.02. The van der Waals surface area contributed by atoms with E-state index in [-0.39, 0.29) is 23.4 Å². The van der Waals surface area contributed by atoms with E-state index in [2.05, 4.69) is 5.32 Å². The number of sulfonamides is 1. The minimum Gasteiger partial charge on any atom is -0.398 e. The van der Waals surface area contributed by atoms with E-state index in [1.165, 1.54) is 19.2 Å². The van der Waals surface area contributed by atoms with Gasteiger partial charge in [-0.15, -0.1) is 0 Å². The van der Waals surface area contributed by atoms with Gasteiger partial charge in [0.15, 0.2) is 0 Å². The van der Waals surface area contributed by atoms with Gasteiger partial charge in [0, 0.05) is 18.8 Å². The summed E-state index contributed by atoms with van der Waals surface area (Å²) in [4.78, 5) is 11.8. The van der Waals surface area contributed by atoms with Crippen LogP contribution in [0.4, 0.5) is 5.69 Å². The summed E-state index contributed by atoms with van der Waals surface area (Å²) in [6.07, 6.45) is 2.68. The number of hydrogen-bond donors (Lipinski definition) is 2. The highest BCUT2D eigenvalue weighted by molar-refractivity contribution is 7.89. The summed E-state index contributed by atoms with van der Waals surface area (Å²) >= 11 is 0. The molecule has 21 heavy (non-hydrogen) atoms. The minimum atomic E-state index is -3.70. The second-order valence-electron chi connectivity index (χ2n) is 5.32. The van der Waals surface area contributed by atoms with Gasteiger partial charge in [0.2, 0.25) is 15.9 Å². The number of likely N-dealkylation sites (N-methyl/N-ethyl adjacent to an activating group) is 1. The average molecular weight is 311 g/mol. The van der Waals surface area contributed by atoms with Gasteiger partial charge in [0.25, 0.3) is 0 Å². The molecule has 2 rings (SSSR count). The van der Waals surface area contributed by atoms with Crippen molar-refractivity contribution in [1.82, 2.24) is 9.62 Å². The van der Waals surface area contributed by atoms with Crippen LogP contribution < -0.4 is 11.1 Å². The lowest BCUT2D eigenvalue weighted by Gasteiger charge is -2.17. The van der Waals surface area contributed by atoms with Crippen molar-refractivity contribution in [2.75, 3.05) is 19.3 Å². The van der Waals surface area contributed by atoms with Crippen LogP contribution in [0.15, 0.2) is 23.1 Å². The van der Waals surface area contributed by atoms with E-state index < -0.39 is 10.0 Å². The van der Waals surface area contributed by atoms with E-state index >= 15 is 0 Å². The molecule has 7 heteroatoms. The Morgan fingerprint density at radius 3 is 2.62 bits per heavy atom. The van der Waals surface area contributed by atoms with Crippen molar-refractivity contribution in [2.24, 2.45) is 0 Å². The number of aryl methyl sites for hydroxylation is 1. The molecule has 0 saturated heterocycles. The zero-order valence-electron chi connectivity index (χ0n) is 12.3. The van der Waals surface area contributed by atoms with Crippen LogP contribution >= 0.6 is 0 Å². The maximum absolute atomic E-state index is 12.4. The van der Waals surface area contributed by atoms with Crippen molar-refractivity contribution < 1.29 is 13.2 Å². The first-order chi connectivity index (χ1) is 9.84. The molecule has 1 amide bonds. The molecule has 1 fully saturated rings. The van der Waals surface area contributed by atoms with Crippen LogP contribution in [0.1, 0.15) is 25.3 Å². The largest absolute Gasteiger partial charge is 0.398 e. The van der Waals surface area contributed by atoms with Crippen LogP contribution in [-0.2, 0) is 21.2 Å². The van der Waals surface area contributed by atoms with E-state index in [0.29, 0.717) is 5.69 Å². The maximum Gasteiger partial charge on any atom is 0.243 e. The normalized spacial score (nSPS) is 15.2. The third kappa shape index (κ3) is 3.74. The topological polar surface area (TPSA) is 92.5 Å². The standard InChI is InChI=1S/C14H21N3O3S/c1-3-10-4-7-12(8-13(10)15)21(19,20)17(2)9-14(18)16-11-5-6-11/h4,7-8,11H,3,5-6,9,15H2,1-2H3,(H,16,18). The molecule has 0 atom stereocenters. The third-order valence-electron chi connectivity index (χ3n) is 3.52. The molecular weight excluding hydrogens is 290 g/mol. The first-order valence-corrected chi connectivity index (χ1v) is 8.42. The fourth-order valence-corrected chi connectivity index (χ4v) is 3.19. The molecule has 6 nitrogen and oxygen atoms in total.